The van der Waals surface area contributed by atoms with Crippen molar-refractivity contribution in [2.45, 2.75) is 0 Å². The second-order valence-electron chi connectivity index (χ2n) is 4.85. The van der Waals surface area contributed by atoms with Crippen LogP contribution in [0.3, 0.4) is 0 Å². The summed E-state index contributed by atoms with van der Waals surface area (Å²) in [7, 11) is 1.37. The number of ether oxygens (including phenoxy) is 2. The number of hydrogen-bond acceptors (Lipinski definition) is 4. The highest BCUT2D eigenvalue weighted by molar-refractivity contribution is 5.97. The summed E-state index contributed by atoms with van der Waals surface area (Å²) in [5.41, 5.74) is 6.87. The zero-order chi connectivity index (χ0) is 15.5. The van der Waals surface area contributed by atoms with Gasteiger partial charge in [-0.15, -0.1) is 0 Å². The highest BCUT2D eigenvalue weighted by Crippen LogP contribution is 2.30. The first kappa shape index (κ1) is 13.9. The molecule has 3 aromatic carbocycles. The smallest absolute Gasteiger partial charge is 0.337 e. The third kappa shape index (κ3) is 2.72. The van der Waals surface area contributed by atoms with Crippen LogP contribution in [0.2, 0.25) is 0 Å². The molecule has 3 rings (SSSR count). The summed E-state index contributed by atoms with van der Waals surface area (Å²) in [4.78, 5) is 11.6. The van der Waals surface area contributed by atoms with E-state index in [1.54, 1.807) is 24.3 Å². The molecule has 0 aliphatic carbocycles. The first-order valence-electron chi connectivity index (χ1n) is 6.82. The Balaban J connectivity index is 1.99. The van der Waals surface area contributed by atoms with E-state index in [9.17, 15) is 4.79 Å². The van der Waals surface area contributed by atoms with Crippen LogP contribution in [-0.4, -0.2) is 13.1 Å². The third-order valence-corrected chi connectivity index (χ3v) is 3.37. The van der Waals surface area contributed by atoms with Crippen LogP contribution in [0.4, 0.5) is 5.69 Å². The molecule has 2 N–H and O–H groups in total. The Bertz CT molecular complexity index is 825. The van der Waals surface area contributed by atoms with E-state index in [1.807, 2.05) is 36.4 Å². The van der Waals surface area contributed by atoms with Gasteiger partial charge in [0.25, 0.3) is 0 Å². The largest absolute Gasteiger partial charge is 0.465 e. The Hall–Kier alpha value is -3.01. The third-order valence-electron chi connectivity index (χ3n) is 3.37. The number of rotatable bonds is 3. The van der Waals surface area contributed by atoms with Crippen LogP contribution in [0.15, 0.2) is 60.7 Å². The maximum atomic E-state index is 11.6. The number of nitrogen functional groups attached to an aromatic ring is 1. The van der Waals surface area contributed by atoms with Crippen molar-refractivity contribution in [1.82, 2.24) is 0 Å². The SMILES string of the molecule is COC(=O)c1ccc2c(Oc3ccc(N)cc3)cccc2c1. The zero-order valence-electron chi connectivity index (χ0n) is 12.1. The van der Waals surface area contributed by atoms with Crippen LogP contribution < -0.4 is 10.5 Å². The van der Waals surface area contributed by atoms with E-state index >= 15 is 0 Å². The lowest BCUT2D eigenvalue weighted by Gasteiger charge is -2.10. The molecule has 22 heavy (non-hydrogen) atoms. The fourth-order valence-corrected chi connectivity index (χ4v) is 2.25. The van der Waals surface area contributed by atoms with E-state index in [-0.39, 0.29) is 5.97 Å². The van der Waals surface area contributed by atoms with Crippen molar-refractivity contribution < 1.29 is 14.3 Å². The van der Waals surface area contributed by atoms with Crippen molar-refractivity contribution in [1.29, 1.82) is 0 Å². The number of benzene rings is 3. The molecular formula is C18H15NO3. The van der Waals surface area contributed by atoms with Crippen LogP contribution in [0.25, 0.3) is 10.8 Å². The highest BCUT2D eigenvalue weighted by Gasteiger charge is 2.09. The highest BCUT2D eigenvalue weighted by atomic mass is 16.5. The van der Waals surface area contributed by atoms with Gasteiger partial charge in [0.1, 0.15) is 11.5 Å². The summed E-state index contributed by atoms with van der Waals surface area (Å²) in [5, 5.41) is 1.84. The summed E-state index contributed by atoms with van der Waals surface area (Å²) in [6.45, 7) is 0. The number of fused-ring (bicyclic) bond motifs is 1. The topological polar surface area (TPSA) is 61.5 Å². The second kappa shape index (κ2) is 5.77. The number of carbonyl (C=O) groups is 1. The molecule has 0 amide bonds. The zero-order valence-corrected chi connectivity index (χ0v) is 12.1. The van der Waals surface area contributed by atoms with Crippen molar-refractivity contribution in [2.75, 3.05) is 12.8 Å². The van der Waals surface area contributed by atoms with Gasteiger partial charge in [0.05, 0.1) is 12.7 Å². The summed E-state index contributed by atoms with van der Waals surface area (Å²) < 4.78 is 10.6. The molecule has 4 heteroatoms. The Morgan fingerprint density at radius 2 is 1.77 bits per heavy atom. The molecule has 0 bridgehead atoms. The Labute approximate surface area is 128 Å². The molecule has 4 nitrogen and oxygen atoms in total. The van der Waals surface area contributed by atoms with E-state index in [0.717, 1.165) is 16.5 Å². The first-order chi connectivity index (χ1) is 10.7. The van der Waals surface area contributed by atoms with E-state index in [2.05, 4.69) is 0 Å². The standard InChI is InChI=1S/C18H15NO3/c1-21-18(20)13-5-10-16-12(11-13)3-2-4-17(16)22-15-8-6-14(19)7-9-15/h2-11H,19H2,1H3. The average Bonchev–Trinajstić information content (AvgIpc) is 2.56. The lowest BCUT2D eigenvalue weighted by molar-refractivity contribution is 0.0601. The van der Waals surface area contributed by atoms with E-state index in [4.69, 9.17) is 15.2 Å². The lowest BCUT2D eigenvalue weighted by atomic mass is 10.1. The van der Waals surface area contributed by atoms with Gasteiger partial charge < -0.3 is 15.2 Å². The fraction of sp³-hybridized carbons (Fsp3) is 0.0556. The number of hydrogen-bond donors (Lipinski definition) is 1. The van der Waals surface area contributed by atoms with Crippen molar-refractivity contribution in [3.05, 3.63) is 66.2 Å². The number of carbonyl (C=O) groups excluding carboxylic acids is 1. The lowest BCUT2D eigenvalue weighted by Crippen LogP contribution is -2.00. The quantitative estimate of drug-likeness (QED) is 0.585. The summed E-state index contributed by atoms with van der Waals surface area (Å²) in [6, 6.07) is 18.3. The maximum absolute atomic E-state index is 11.6. The van der Waals surface area contributed by atoms with E-state index in [0.29, 0.717) is 17.0 Å². The predicted molar refractivity (Wildman–Crippen MR) is 86.2 cm³/mol. The molecular weight excluding hydrogens is 278 g/mol. The van der Waals surface area contributed by atoms with Gasteiger partial charge in [0.15, 0.2) is 0 Å². The molecule has 0 saturated heterocycles. The average molecular weight is 293 g/mol. The van der Waals surface area contributed by atoms with E-state index < -0.39 is 0 Å². The normalized spacial score (nSPS) is 10.4. The molecule has 0 saturated carbocycles. The van der Waals surface area contributed by atoms with Crippen LogP contribution in [-0.2, 0) is 4.74 Å². The van der Waals surface area contributed by atoms with Crippen molar-refractivity contribution in [2.24, 2.45) is 0 Å². The minimum absolute atomic E-state index is 0.355. The van der Waals surface area contributed by atoms with Crippen molar-refractivity contribution in [3.63, 3.8) is 0 Å². The van der Waals surface area contributed by atoms with Crippen LogP contribution in [0.5, 0.6) is 11.5 Å². The van der Waals surface area contributed by atoms with Crippen molar-refractivity contribution in [3.8, 4) is 11.5 Å². The van der Waals surface area contributed by atoms with Crippen LogP contribution >= 0.6 is 0 Å². The molecule has 0 aliphatic rings. The fourth-order valence-electron chi connectivity index (χ4n) is 2.25. The molecule has 0 radical (unpaired) electrons. The molecule has 0 spiro atoms. The van der Waals surface area contributed by atoms with Gasteiger partial charge in [-0.3, -0.25) is 0 Å². The number of nitrogens with two attached hydrogens (primary N) is 1. The van der Waals surface area contributed by atoms with Gasteiger partial charge >= 0.3 is 5.97 Å². The molecule has 0 aliphatic heterocycles. The van der Waals surface area contributed by atoms with Gasteiger partial charge in [0.2, 0.25) is 0 Å². The number of esters is 1. The monoisotopic (exact) mass is 293 g/mol. The van der Waals surface area contributed by atoms with Gasteiger partial charge in [-0.25, -0.2) is 4.79 Å². The Morgan fingerprint density at radius 1 is 1.00 bits per heavy atom. The van der Waals surface area contributed by atoms with E-state index in [1.165, 1.54) is 7.11 Å². The summed E-state index contributed by atoms with van der Waals surface area (Å²) in [6.07, 6.45) is 0. The first-order valence-corrected chi connectivity index (χ1v) is 6.82. The molecule has 0 unspecified atom stereocenters. The Morgan fingerprint density at radius 3 is 2.50 bits per heavy atom. The number of methoxy groups -OCH3 is 1. The number of anilines is 1. The minimum atomic E-state index is -0.355. The predicted octanol–water partition coefficient (Wildman–Crippen LogP) is 4.00. The second-order valence-corrected chi connectivity index (χ2v) is 4.85. The van der Waals surface area contributed by atoms with Crippen LogP contribution in [0, 0.1) is 0 Å². The van der Waals surface area contributed by atoms with Gasteiger partial charge in [0, 0.05) is 11.1 Å². The van der Waals surface area contributed by atoms with Crippen LogP contribution in [0.1, 0.15) is 10.4 Å². The van der Waals surface area contributed by atoms with Gasteiger partial charge in [-0.2, -0.15) is 0 Å². The molecule has 0 fully saturated rings. The van der Waals surface area contributed by atoms with Crippen molar-refractivity contribution >= 4 is 22.4 Å². The molecule has 110 valence electrons. The molecule has 0 aromatic heterocycles. The van der Waals surface area contributed by atoms with Gasteiger partial charge in [-0.1, -0.05) is 12.1 Å². The summed E-state index contributed by atoms with van der Waals surface area (Å²) >= 11 is 0. The minimum Gasteiger partial charge on any atom is -0.465 e. The summed E-state index contributed by atoms with van der Waals surface area (Å²) in [5.74, 6) is 1.07. The Kier molecular flexibility index (Phi) is 3.66. The molecule has 0 heterocycles. The van der Waals surface area contributed by atoms with Gasteiger partial charge in [-0.05, 0) is 53.9 Å². The molecule has 0 atom stereocenters. The maximum Gasteiger partial charge on any atom is 0.337 e. The molecule has 3 aromatic rings.